The third kappa shape index (κ3) is 2.92. The molecule has 1 fully saturated rings. The number of fused-ring (bicyclic) bond motifs is 2. The van der Waals surface area contributed by atoms with Crippen molar-refractivity contribution in [3.05, 3.63) is 76.3 Å². The smallest absolute Gasteiger partial charge is 0.255 e. The van der Waals surface area contributed by atoms with Crippen molar-refractivity contribution in [1.82, 2.24) is 19.4 Å². The van der Waals surface area contributed by atoms with E-state index in [0.717, 1.165) is 41.5 Å². The van der Waals surface area contributed by atoms with E-state index in [1.807, 2.05) is 60.5 Å². The minimum Gasteiger partial charge on any atom is -0.329 e. The summed E-state index contributed by atoms with van der Waals surface area (Å²) in [4.78, 5) is 35.3. The van der Waals surface area contributed by atoms with Gasteiger partial charge in [0.2, 0.25) is 5.56 Å². The van der Waals surface area contributed by atoms with Gasteiger partial charge in [-0.25, -0.2) is 4.98 Å². The molecule has 6 heteroatoms. The molecule has 1 N–H and O–H groups in total. The molecule has 1 aliphatic heterocycles. The van der Waals surface area contributed by atoms with E-state index in [1.54, 1.807) is 0 Å². The number of carbonyl (C=O) groups excluding carboxylic acids is 1. The van der Waals surface area contributed by atoms with E-state index in [1.165, 1.54) is 6.07 Å². The number of aromatic amines is 1. The lowest BCUT2D eigenvalue weighted by Crippen LogP contribution is -2.40. The predicted octanol–water partition coefficient (Wildman–Crippen LogP) is 3.78. The zero-order valence-corrected chi connectivity index (χ0v) is 16.3. The van der Waals surface area contributed by atoms with Crippen LogP contribution in [0.5, 0.6) is 0 Å². The number of para-hydroxylation sites is 3. The molecular weight excluding hydrogens is 364 g/mol. The molecule has 0 saturated carbocycles. The molecule has 0 spiro atoms. The maximum Gasteiger partial charge on any atom is 0.255 e. The minimum absolute atomic E-state index is 0.105. The lowest BCUT2D eigenvalue weighted by molar-refractivity contribution is 0.0599. The summed E-state index contributed by atoms with van der Waals surface area (Å²) < 4.78 is 2.08. The number of rotatable bonds is 2. The van der Waals surface area contributed by atoms with Gasteiger partial charge in [-0.05, 0) is 37.5 Å². The van der Waals surface area contributed by atoms with Gasteiger partial charge in [-0.1, -0.05) is 30.3 Å². The maximum atomic E-state index is 13.6. The fourth-order valence-electron chi connectivity index (χ4n) is 4.44. The van der Waals surface area contributed by atoms with Crippen LogP contribution in [0.2, 0.25) is 0 Å². The van der Waals surface area contributed by atoms with Crippen molar-refractivity contribution >= 4 is 27.8 Å². The van der Waals surface area contributed by atoms with Gasteiger partial charge >= 0.3 is 0 Å². The Labute approximate surface area is 167 Å². The number of H-pyrrole nitrogens is 1. The number of hydrogen-bond acceptors (Lipinski definition) is 3. The number of likely N-dealkylation sites (tertiary alicyclic amines) is 1. The fourth-order valence-corrected chi connectivity index (χ4v) is 4.44. The first-order valence-electron chi connectivity index (χ1n) is 9.98. The summed E-state index contributed by atoms with van der Waals surface area (Å²) in [5, 5.41) is 0.770. The Hall–Kier alpha value is -3.41. The van der Waals surface area contributed by atoms with Gasteiger partial charge in [0.25, 0.3) is 5.91 Å². The maximum absolute atomic E-state index is 13.6. The normalized spacial score (nSPS) is 17.1. The van der Waals surface area contributed by atoms with Crippen molar-refractivity contribution in [2.45, 2.75) is 25.3 Å². The summed E-state index contributed by atoms with van der Waals surface area (Å²) in [5.41, 5.74) is 2.87. The molecule has 146 valence electrons. The van der Waals surface area contributed by atoms with Crippen LogP contribution < -0.4 is 5.56 Å². The fraction of sp³-hybridized carbons (Fsp3) is 0.261. The molecule has 3 heterocycles. The van der Waals surface area contributed by atoms with Crippen molar-refractivity contribution in [2.24, 2.45) is 7.05 Å². The van der Waals surface area contributed by atoms with Crippen LogP contribution in [-0.2, 0) is 7.05 Å². The third-order valence-corrected chi connectivity index (χ3v) is 5.86. The number of benzene rings is 2. The Morgan fingerprint density at radius 2 is 1.90 bits per heavy atom. The van der Waals surface area contributed by atoms with Gasteiger partial charge in [0.15, 0.2) is 0 Å². The summed E-state index contributed by atoms with van der Waals surface area (Å²) in [6, 6.07) is 16.8. The molecule has 6 nitrogen and oxygen atoms in total. The standard InChI is InChI=1S/C23H22N4O2/c1-26-19-11-5-4-10-18(19)25-22(26)20-12-6-7-13-27(20)23(29)16-14-21(28)24-17-9-3-2-8-15(16)17/h2-5,8-11,14,20H,6-7,12-13H2,1H3,(H,24,28)/t20-/m0/s1. The Kier molecular flexibility index (Phi) is 4.19. The first kappa shape index (κ1) is 17.7. The molecule has 0 radical (unpaired) electrons. The van der Waals surface area contributed by atoms with E-state index < -0.39 is 0 Å². The predicted molar refractivity (Wildman–Crippen MR) is 113 cm³/mol. The SMILES string of the molecule is Cn1c([C@@H]2CCCCN2C(=O)c2cc(=O)[nH]c3ccccc23)nc2ccccc21. The van der Waals surface area contributed by atoms with Gasteiger partial charge < -0.3 is 14.5 Å². The van der Waals surface area contributed by atoms with Crippen molar-refractivity contribution in [3.8, 4) is 0 Å². The summed E-state index contributed by atoms with van der Waals surface area (Å²) in [6.07, 6.45) is 2.87. The third-order valence-electron chi connectivity index (χ3n) is 5.86. The van der Waals surface area contributed by atoms with Gasteiger partial charge in [0, 0.05) is 30.6 Å². The number of nitrogens with zero attached hydrogens (tertiary/aromatic N) is 3. The second-order valence-corrected chi connectivity index (χ2v) is 7.62. The van der Waals surface area contributed by atoms with Crippen LogP contribution in [0.25, 0.3) is 21.9 Å². The highest BCUT2D eigenvalue weighted by molar-refractivity contribution is 6.06. The summed E-state index contributed by atoms with van der Waals surface area (Å²) in [7, 11) is 2.00. The van der Waals surface area contributed by atoms with E-state index in [9.17, 15) is 9.59 Å². The first-order valence-corrected chi connectivity index (χ1v) is 9.98. The van der Waals surface area contributed by atoms with Crippen molar-refractivity contribution in [3.63, 3.8) is 0 Å². The van der Waals surface area contributed by atoms with Crippen LogP contribution in [0.15, 0.2) is 59.4 Å². The van der Waals surface area contributed by atoms with E-state index >= 15 is 0 Å². The van der Waals surface area contributed by atoms with Crippen LogP contribution in [0.4, 0.5) is 0 Å². The Morgan fingerprint density at radius 1 is 1.10 bits per heavy atom. The monoisotopic (exact) mass is 386 g/mol. The highest BCUT2D eigenvalue weighted by Gasteiger charge is 2.32. The quantitative estimate of drug-likeness (QED) is 0.570. The molecule has 1 atom stereocenters. The molecule has 0 aliphatic carbocycles. The largest absolute Gasteiger partial charge is 0.329 e. The number of aryl methyl sites for hydroxylation is 1. The van der Waals surface area contributed by atoms with Crippen LogP contribution >= 0.6 is 0 Å². The lowest BCUT2D eigenvalue weighted by Gasteiger charge is -2.35. The molecule has 2 aromatic heterocycles. The summed E-state index contributed by atoms with van der Waals surface area (Å²) in [6.45, 7) is 0.661. The van der Waals surface area contributed by atoms with Crippen molar-refractivity contribution < 1.29 is 4.79 Å². The molecule has 29 heavy (non-hydrogen) atoms. The van der Waals surface area contributed by atoms with Gasteiger partial charge in [-0.3, -0.25) is 9.59 Å². The average molecular weight is 386 g/mol. The van der Waals surface area contributed by atoms with E-state index in [4.69, 9.17) is 4.98 Å². The van der Waals surface area contributed by atoms with Crippen LogP contribution in [0.3, 0.4) is 0 Å². The zero-order chi connectivity index (χ0) is 20.0. The average Bonchev–Trinajstić information content (AvgIpc) is 3.09. The van der Waals surface area contributed by atoms with Crippen molar-refractivity contribution in [1.29, 1.82) is 0 Å². The van der Waals surface area contributed by atoms with Crippen LogP contribution in [0.1, 0.15) is 41.5 Å². The molecule has 1 saturated heterocycles. The van der Waals surface area contributed by atoms with E-state index in [0.29, 0.717) is 17.6 Å². The number of piperidine rings is 1. The van der Waals surface area contributed by atoms with Gasteiger partial charge in [0.1, 0.15) is 5.82 Å². The number of amides is 1. The number of aromatic nitrogens is 3. The highest BCUT2D eigenvalue weighted by atomic mass is 16.2. The van der Waals surface area contributed by atoms with E-state index in [2.05, 4.69) is 9.55 Å². The molecular formula is C23H22N4O2. The number of hydrogen-bond donors (Lipinski definition) is 1. The highest BCUT2D eigenvalue weighted by Crippen LogP contribution is 2.33. The van der Waals surface area contributed by atoms with Gasteiger partial charge in [-0.15, -0.1) is 0 Å². The molecule has 1 amide bonds. The molecule has 5 rings (SSSR count). The first-order chi connectivity index (χ1) is 14.1. The van der Waals surface area contributed by atoms with Gasteiger partial charge in [-0.2, -0.15) is 0 Å². The van der Waals surface area contributed by atoms with E-state index in [-0.39, 0.29) is 17.5 Å². The lowest BCUT2D eigenvalue weighted by atomic mass is 9.99. The summed E-state index contributed by atoms with van der Waals surface area (Å²) >= 11 is 0. The molecule has 4 aromatic rings. The van der Waals surface area contributed by atoms with Crippen molar-refractivity contribution in [2.75, 3.05) is 6.54 Å². The Bertz CT molecular complexity index is 1290. The number of nitrogens with one attached hydrogen (secondary N) is 1. The minimum atomic E-state index is -0.261. The topological polar surface area (TPSA) is 71.0 Å². The molecule has 0 unspecified atom stereocenters. The summed E-state index contributed by atoms with van der Waals surface area (Å²) in [5.74, 6) is 0.789. The molecule has 2 aromatic carbocycles. The number of carbonyl (C=O) groups is 1. The van der Waals surface area contributed by atoms with Gasteiger partial charge in [0.05, 0.1) is 22.6 Å². The number of pyridine rings is 1. The Balaban J connectivity index is 1.61. The number of imidazole rings is 1. The van der Waals surface area contributed by atoms with Crippen LogP contribution in [-0.4, -0.2) is 31.9 Å². The second-order valence-electron chi connectivity index (χ2n) is 7.62. The second kappa shape index (κ2) is 6.88. The molecule has 1 aliphatic rings. The van der Waals surface area contributed by atoms with Crippen LogP contribution in [0, 0.1) is 0 Å². The molecule has 0 bridgehead atoms. The Morgan fingerprint density at radius 3 is 2.76 bits per heavy atom. The zero-order valence-electron chi connectivity index (χ0n) is 16.3.